The average molecular weight is 281 g/mol. The number of aryl methyl sites for hydroxylation is 2. The largest absolute Gasteiger partial charge is 0.271 e. The van der Waals surface area contributed by atoms with Crippen molar-refractivity contribution < 1.29 is 0 Å². The van der Waals surface area contributed by atoms with E-state index in [-0.39, 0.29) is 6.04 Å². The minimum atomic E-state index is 0.144. The first-order valence-corrected chi connectivity index (χ1v) is 7.21. The van der Waals surface area contributed by atoms with Crippen molar-refractivity contribution in [3.05, 3.63) is 56.7 Å². The zero-order valence-corrected chi connectivity index (χ0v) is 11.9. The molecule has 2 rings (SSSR count). The Bertz CT molecular complexity index is 497. The molecule has 1 aromatic heterocycles. The normalized spacial score (nSPS) is 12.6. The molecule has 0 saturated carbocycles. The molecule has 0 fully saturated rings. The quantitative estimate of drug-likeness (QED) is 0.645. The fourth-order valence-corrected chi connectivity index (χ4v) is 2.83. The van der Waals surface area contributed by atoms with E-state index in [1.807, 2.05) is 19.1 Å². The standard InChI is InChI=1S/C14H17ClN2S/c1-10-4-5-11(9-13(10)15)14(17-16)7-6-12-3-2-8-18-12/h2-5,8-9,14,17H,6-7,16H2,1H3. The molecule has 2 nitrogen and oxygen atoms in total. The van der Waals surface area contributed by atoms with E-state index in [0.29, 0.717) is 0 Å². The highest BCUT2D eigenvalue weighted by Gasteiger charge is 2.11. The van der Waals surface area contributed by atoms with Gasteiger partial charge in [0, 0.05) is 15.9 Å². The first kappa shape index (κ1) is 13.6. The van der Waals surface area contributed by atoms with Gasteiger partial charge in [0.25, 0.3) is 0 Å². The maximum atomic E-state index is 6.15. The monoisotopic (exact) mass is 280 g/mol. The van der Waals surface area contributed by atoms with Gasteiger partial charge in [0.15, 0.2) is 0 Å². The molecule has 4 heteroatoms. The molecule has 1 atom stereocenters. The van der Waals surface area contributed by atoms with Gasteiger partial charge in [-0.1, -0.05) is 29.8 Å². The van der Waals surface area contributed by atoms with Crippen molar-refractivity contribution in [1.29, 1.82) is 0 Å². The van der Waals surface area contributed by atoms with Crippen LogP contribution in [0.1, 0.15) is 28.5 Å². The number of thiophene rings is 1. The van der Waals surface area contributed by atoms with Crippen LogP contribution in [0.3, 0.4) is 0 Å². The Balaban J connectivity index is 2.05. The van der Waals surface area contributed by atoms with Gasteiger partial charge in [-0.2, -0.15) is 0 Å². The van der Waals surface area contributed by atoms with Crippen LogP contribution in [0.2, 0.25) is 5.02 Å². The molecule has 0 saturated heterocycles. The first-order chi connectivity index (χ1) is 8.70. The summed E-state index contributed by atoms with van der Waals surface area (Å²) in [6.45, 7) is 2.00. The summed E-state index contributed by atoms with van der Waals surface area (Å²) in [5, 5.41) is 2.90. The van der Waals surface area contributed by atoms with Crippen molar-refractivity contribution in [2.75, 3.05) is 0 Å². The number of hydrazine groups is 1. The molecule has 1 heterocycles. The smallest absolute Gasteiger partial charge is 0.0464 e. The van der Waals surface area contributed by atoms with Gasteiger partial charge in [0.2, 0.25) is 0 Å². The SMILES string of the molecule is Cc1ccc(C(CCc2cccs2)NN)cc1Cl. The third kappa shape index (κ3) is 3.33. The van der Waals surface area contributed by atoms with Crippen LogP contribution in [0, 0.1) is 6.92 Å². The minimum absolute atomic E-state index is 0.144. The minimum Gasteiger partial charge on any atom is -0.271 e. The van der Waals surface area contributed by atoms with Gasteiger partial charge in [-0.05, 0) is 48.4 Å². The fraction of sp³-hybridized carbons (Fsp3) is 0.286. The average Bonchev–Trinajstić information content (AvgIpc) is 2.87. The molecule has 2 aromatic rings. The van der Waals surface area contributed by atoms with Gasteiger partial charge in [-0.3, -0.25) is 11.3 Å². The summed E-state index contributed by atoms with van der Waals surface area (Å²) < 4.78 is 0. The summed E-state index contributed by atoms with van der Waals surface area (Å²) in [4.78, 5) is 1.38. The first-order valence-electron chi connectivity index (χ1n) is 5.95. The lowest BCUT2D eigenvalue weighted by atomic mass is 10.0. The molecular weight excluding hydrogens is 264 g/mol. The molecule has 3 N–H and O–H groups in total. The van der Waals surface area contributed by atoms with Crippen LogP contribution in [-0.4, -0.2) is 0 Å². The van der Waals surface area contributed by atoms with Gasteiger partial charge in [-0.15, -0.1) is 11.3 Å². The Labute approximate surface area is 117 Å². The van der Waals surface area contributed by atoms with Crippen LogP contribution in [0.15, 0.2) is 35.7 Å². The van der Waals surface area contributed by atoms with Gasteiger partial charge < -0.3 is 0 Å². The Morgan fingerprint density at radius 1 is 1.39 bits per heavy atom. The van der Waals surface area contributed by atoms with Crippen molar-refractivity contribution in [1.82, 2.24) is 5.43 Å². The molecule has 0 amide bonds. The second kappa shape index (κ2) is 6.34. The van der Waals surface area contributed by atoms with E-state index in [1.54, 1.807) is 11.3 Å². The van der Waals surface area contributed by atoms with E-state index < -0.39 is 0 Å². The zero-order valence-electron chi connectivity index (χ0n) is 10.3. The molecule has 0 aliphatic carbocycles. The van der Waals surface area contributed by atoms with Gasteiger partial charge in [0.1, 0.15) is 0 Å². The lowest BCUT2D eigenvalue weighted by Crippen LogP contribution is -2.28. The Hall–Kier alpha value is -0.870. The number of nitrogens with two attached hydrogens (primary N) is 1. The molecule has 0 spiro atoms. The summed E-state index contributed by atoms with van der Waals surface area (Å²) in [6, 6.07) is 10.5. The molecule has 0 radical (unpaired) electrons. The number of hydrogen-bond donors (Lipinski definition) is 2. The fourth-order valence-electron chi connectivity index (χ4n) is 1.91. The zero-order chi connectivity index (χ0) is 13.0. The number of nitrogens with one attached hydrogen (secondary N) is 1. The van der Waals surface area contributed by atoms with E-state index in [9.17, 15) is 0 Å². The summed E-state index contributed by atoms with van der Waals surface area (Å²) in [7, 11) is 0. The highest BCUT2D eigenvalue weighted by Crippen LogP contribution is 2.24. The molecule has 0 bridgehead atoms. The van der Waals surface area contributed by atoms with Gasteiger partial charge in [-0.25, -0.2) is 0 Å². The molecular formula is C14H17ClN2S. The van der Waals surface area contributed by atoms with Crippen molar-refractivity contribution in [2.45, 2.75) is 25.8 Å². The summed E-state index contributed by atoms with van der Waals surface area (Å²) in [6.07, 6.45) is 1.99. The lowest BCUT2D eigenvalue weighted by molar-refractivity contribution is 0.518. The Kier molecular flexibility index (Phi) is 4.78. The third-order valence-corrected chi connectivity index (χ3v) is 4.40. The second-order valence-electron chi connectivity index (χ2n) is 4.35. The van der Waals surface area contributed by atoms with Gasteiger partial charge in [0.05, 0.1) is 0 Å². The van der Waals surface area contributed by atoms with E-state index >= 15 is 0 Å². The lowest BCUT2D eigenvalue weighted by Gasteiger charge is -2.16. The van der Waals surface area contributed by atoms with Crippen LogP contribution in [0.25, 0.3) is 0 Å². The number of halogens is 1. The van der Waals surface area contributed by atoms with E-state index in [4.69, 9.17) is 17.4 Å². The number of hydrogen-bond acceptors (Lipinski definition) is 3. The van der Waals surface area contributed by atoms with Crippen molar-refractivity contribution in [3.63, 3.8) is 0 Å². The molecule has 0 aliphatic heterocycles. The summed E-state index contributed by atoms with van der Waals surface area (Å²) >= 11 is 7.93. The molecule has 0 aliphatic rings. The van der Waals surface area contributed by atoms with E-state index in [2.05, 4.69) is 29.0 Å². The summed E-state index contributed by atoms with van der Waals surface area (Å²) in [5.74, 6) is 5.64. The predicted molar refractivity (Wildman–Crippen MR) is 78.9 cm³/mol. The van der Waals surface area contributed by atoms with Crippen LogP contribution in [0.5, 0.6) is 0 Å². The van der Waals surface area contributed by atoms with Crippen molar-refractivity contribution >= 4 is 22.9 Å². The van der Waals surface area contributed by atoms with Crippen molar-refractivity contribution in [2.24, 2.45) is 5.84 Å². The second-order valence-corrected chi connectivity index (χ2v) is 5.79. The van der Waals surface area contributed by atoms with E-state index in [0.717, 1.165) is 29.0 Å². The predicted octanol–water partition coefficient (Wildman–Crippen LogP) is 3.85. The Morgan fingerprint density at radius 3 is 2.83 bits per heavy atom. The third-order valence-electron chi connectivity index (χ3n) is 3.06. The highest BCUT2D eigenvalue weighted by molar-refractivity contribution is 7.09. The Morgan fingerprint density at radius 2 is 2.22 bits per heavy atom. The molecule has 18 heavy (non-hydrogen) atoms. The van der Waals surface area contributed by atoms with Crippen LogP contribution < -0.4 is 11.3 Å². The maximum Gasteiger partial charge on any atom is 0.0464 e. The topological polar surface area (TPSA) is 38.0 Å². The van der Waals surface area contributed by atoms with Crippen LogP contribution in [-0.2, 0) is 6.42 Å². The van der Waals surface area contributed by atoms with Crippen LogP contribution >= 0.6 is 22.9 Å². The number of rotatable bonds is 5. The number of benzene rings is 1. The summed E-state index contributed by atoms with van der Waals surface area (Å²) in [5.41, 5.74) is 5.11. The van der Waals surface area contributed by atoms with Crippen LogP contribution in [0.4, 0.5) is 0 Å². The van der Waals surface area contributed by atoms with Gasteiger partial charge >= 0.3 is 0 Å². The highest BCUT2D eigenvalue weighted by atomic mass is 35.5. The molecule has 1 aromatic carbocycles. The van der Waals surface area contributed by atoms with Crippen molar-refractivity contribution in [3.8, 4) is 0 Å². The van der Waals surface area contributed by atoms with E-state index in [1.165, 1.54) is 4.88 Å². The molecule has 96 valence electrons. The maximum absolute atomic E-state index is 6.15. The molecule has 1 unspecified atom stereocenters.